The van der Waals surface area contributed by atoms with Gasteiger partial charge in [-0.3, -0.25) is 0 Å². The van der Waals surface area contributed by atoms with Gasteiger partial charge in [-0.05, 0) is 31.2 Å². The lowest BCUT2D eigenvalue weighted by atomic mass is 10.1. The van der Waals surface area contributed by atoms with Crippen molar-refractivity contribution in [2.75, 3.05) is 17.2 Å². The highest BCUT2D eigenvalue weighted by atomic mass is 32.1. The van der Waals surface area contributed by atoms with Crippen molar-refractivity contribution in [3.63, 3.8) is 0 Å². The van der Waals surface area contributed by atoms with Crippen LogP contribution in [0.3, 0.4) is 0 Å². The topological polar surface area (TPSA) is 49.8 Å². The predicted molar refractivity (Wildman–Crippen MR) is 93.4 cm³/mol. The Morgan fingerprint density at radius 1 is 1.14 bits per heavy atom. The minimum Gasteiger partial charge on any atom is -0.367 e. The molecule has 2 N–H and O–H groups in total. The van der Waals surface area contributed by atoms with Crippen LogP contribution in [0.1, 0.15) is 52.9 Å². The van der Waals surface area contributed by atoms with E-state index < -0.39 is 0 Å². The number of hydrogen-bond acceptors (Lipinski definition) is 5. The Bertz CT molecular complexity index is 552. The van der Waals surface area contributed by atoms with E-state index in [1.165, 1.54) is 32.1 Å². The zero-order chi connectivity index (χ0) is 15.1. The third-order valence-corrected chi connectivity index (χ3v) is 4.35. The molecule has 2 rings (SSSR count). The fourth-order valence-corrected chi connectivity index (χ4v) is 3.25. The largest absolute Gasteiger partial charge is 0.367 e. The number of nitrogens with zero attached hydrogens (tertiary/aromatic N) is 2. The molecule has 2 aromatic heterocycles. The monoisotopic (exact) mass is 306 g/mol. The molecule has 0 aliphatic heterocycles. The van der Waals surface area contributed by atoms with Crippen molar-refractivity contribution in [2.24, 2.45) is 0 Å². The van der Waals surface area contributed by atoms with Gasteiger partial charge < -0.3 is 10.6 Å². The van der Waals surface area contributed by atoms with Crippen LogP contribution >= 0.6 is 11.3 Å². The van der Waals surface area contributed by atoms with Gasteiger partial charge in [-0.2, -0.15) is 4.98 Å². The molecule has 2 aromatic rings. The number of rotatable bonds is 9. The predicted octanol–water partition coefficient (Wildman–Crippen LogP) is 4.89. The van der Waals surface area contributed by atoms with Crippen LogP contribution in [0.4, 0.5) is 11.8 Å². The zero-order valence-corrected chi connectivity index (χ0v) is 14.1. The molecule has 2 heterocycles. The molecule has 1 atom stereocenters. The highest BCUT2D eigenvalue weighted by Gasteiger charge is 2.13. The first-order valence-electron chi connectivity index (χ1n) is 8.04. The lowest BCUT2D eigenvalue weighted by molar-refractivity contribution is 0.563. The molecule has 4 nitrogen and oxygen atoms in total. The summed E-state index contributed by atoms with van der Waals surface area (Å²) in [5, 5.41) is 10.1. The molecule has 116 valence electrons. The van der Waals surface area contributed by atoms with Crippen LogP contribution in [0.2, 0.25) is 0 Å². The van der Waals surface area contributed by atoms with Gasteiger partial charge in [0.05, 0.1) is 5.39 Å². The first-order chi connectivity index (χ1) is 10.3. The Labute approximate surface area is 131 Å². The Hall–Kier alpha value is -1.36. The number of anilines is 2. The van der Waals surface area contributed by atoms with Crippen LogP contribution < -0.4 is 10.6 Å². The van der Waals surface area contributed by atoms with Crippen molar-refractivity contribution in [1.29, 1.82) is 0 Å². The molecule has 21 heavy (non-hydrogen) atoms. The van der Waals surface area contributed by atoms with Crippen LogP contribution in [-0.2, 0) is 0 Å². The van der Waals surface area contributed by atoms with E-state index in [-0.39, 0.29) is 0 Å². The number of fused-ring (bicyclic) bond motifs is 1. The third kappa shape index (κ3) is 4.30. The maximum atomic E-state index is 4.67. The summed E-state index contributed by atoms with van der Waals surface area (Å²) in [4.78, 5) is 10.3. The smallest absolute Gasteiger partial charge is 0.226 e. The van der Waals surface area contributed by atoms with E-state index in [1.807, 2.05) is 0 Å². The Kier molecular flexibility index (Phi) is 6.23. The molecule has 5 heteroatoms. The summed E-state index contributed by atoms with van der Waals surface area (Å²) in [5.74, 6) is 1.70. The molecule has 0 saturated heterocycles. The average Bonchev–Trinajstić information content (AvgIpc) is 2.94. The van der Waals surface area contributed by atoms with Gasteiger partial charge in [0.2, 0.25) is 5.95 Å². The first kappa shape index (κ1) is 16.0. The maximum Gasteiger partial charge on any atom is 0.226 e. The summed E-state index contributed by atoms with van der Waals surface area (Å²) in [7, 11) is 0. The van der Waals surface area contributed by atoms with Crippen molar-refractivity contribution >= 4 is 33.3 Å². The fraction of sp³-hybridized carbons (Fsp3) is 0.625. The van der Waals surface area contributed by atoms with E-state index in [0.29, 0.717) is 6.04 Å². The molecule has 0 aliphatic rings. The number of nitrogens with one attached hydrogen (secondary N) is 2. The Morgan fingerprint density at radius 2 is 2.00 bits per heavy atom. The van der Waals surface area contributed by atoms with Gasteiger partial charge in [-0.25, -0.2) is 4.98 Å². The lowest BCUT2D eigenvalue weighted by Crippen LogP contribution is -2.20. The molecule has 0 aromatic carbocycles. The molecule has 0 aliphatic carbocycles. The second kappa shape index (κ2) is 8.17. The van der Waals surface area contributed by atoms with E-state index in [9.17, 15) is 0 Å². The van der Waals surface area contributed by atoms with Crippen molar-refractivity contribution in [1.82, 2.24) is 9.97 Å². The quantitative estimate of drug-likeness (QED) is 0.692. The summed E-state index contributed by atoms with van der Waals surface area (Å²) in [6.07, 6.45) is 6.08. The van der Waals surface area contributed by atoms with Gasteiger partial charge in [-0.1, -0.05) is 33.1 Å². The van der Waals surface area contributed by atoms with Gasteiger partial charge >= 0.3 is 0 Å². The highest BCUT2D eigenvalue weighted by molar-refractivity contribution is 7.16. The second-order valence-electron chi connectivity index (χ2n) is 5.34. The lowest BCUT2D eigenvalue weighted by Gasteiger charge is -2.19. The van der Waals surface area contributed by atoms with Crippen LogP contribution in [0.15, 0.2) is 11.4 Å². The summed E-state index contributed by atoms with van der Waals surface area (Å²) < 4.78 is 0. The van der Waals surface area contributed by atoms with Crippen LogP contribution in [-0.4, -0.2) is 22.6 Å². The summed E-state index contributed by atoms with van der Waals surface area (Å²) in [5.41, 5.74) is 0. The second-order valence-corrected chi connectivity index (χ2v) is 6.23. The minimum atomic E-state index is 0.502. The number of aromatic nitrogens is 2. The molecule has 1 unspecified atom stereocenters. The summed E-state index contributed by atoms with van der Waals surface area (Å²) in [6.45, 7) is 7.39. The zero-order valence-electron chi connectivity index (χ0n) is 13.3. The van der Waals surface area contributed by atoms with Crippen molar-refractivity contribution in [3.05, 3.63) is 11.4 Å². The van der Waals surface area contributed by atoms with E-state index in [4.69, 9.17) is 0 Å². The normalized spacial score (nSPS) is 12.5. The maximum absolute atomic E-state index is 4.67. The van der Waals surface area contributed by atoms with Crippen molar-refractivity contribution in [3.8, 4) is 0 Å². The Balaban J connectivity index is 2.23. The van der Waals surface area contributed by atoms with Gasteiger partial charge in [0.15, 0.2) is 0 Å². The molecule has 0 amide bonds. The fourth-order valence-electron chi connectivity index (χ4n) is 2.48. The molecular formula is C16H26N4S. The van der Waals surface area contributed by atoms with Gasteiger partial charge in [0.1, 0.15) is 10.6 Å². The first-order valence-corrected chi connectivity index (χ1v) is 8.92. The standard InChI is InChI=1S/C16H26N4S/c1-4-7-9-12(8-5-2)18-14-13-10-11-21-15(13)20-16(19-14)17-6-3/h10-12H,4-9H2,1-3H3,(H2,17,18,19,20). The minimum absolute atomic E-state index is 0.502. The number of thiophene rings is 1. The summed E-state index contributed by atoms with van der Waals surface area (Å²) >= 11 is 1.67. The number of unbranched alkanes of at least 4 members (excludes halogenated alkanes) is 1. The highest BCUT2D eigenvalue weighted by Crippen LogP contribution is 2.28. The van der Waals surface area contributed by atoms with Gasteiger partial charge in [-0.15, -0.1) is 11.3 Å². The van der Waals surface area contributed by atoms with E-state index in [2.05, 4.69) is 52.8 Å². The van der Waals surface area contributed by atoms with E-state index in [1.54, 1.807) is 11.3 Å². The van der Waals surface area contributed by atoms with Crippen LogP contribution in [0.5, 0.6) is 0 Å². The van der Waals surface area contributed by atoms with Crippen molar-refractivity contribution < 1.29 is 0 Å². The van der Waals surface area contributed by atoms with Crippen molar-refractivity contribution in [2.45, 2.75) is 58.9 Å². The van der Waals surface area contributed by atoms with E-state index >= 15 is 0 Å². The molecule has 0 bridgehead atoms. The van der Waals surface area contributed by atoms with E-state index in [0.717, 1.165) is 28.5 Å². The van der Waals surface area contributed by atoms with Gasteiger partial charge in [0.25, 0.3) is 0 Å². The van der Waals surface area contributed by atoms with Crippen LogP contribution in [0.25, 0.3) is 10.2 Å². The third-order valence-electron chi connectivity index (χ3n) is 3.54. The summed E-state index contributed by atoms with van der Waals surface area (Å²) in [6, 6.07) is 2.61. The molecular weight excluding hydrogens is 280 g/mol. The number of hydrogen-bond donors (Lipinski definition) is 2. The Morgan fingerprint density at radius 3 is 2.71 bits per heavy atom. The average molecular weight is 306 g/mol. The van der Waals surface area contributed by atoms with Gasteiger partial charge in [0, 0.05) is 12.6 Å². The molecule has 0 spiro atoms. The van der Waals surface area contributed by atoms with Crippen LogP contribution in [0, 0.1) is 0 Å². The molecule has 0 fully saturated rings. The molecule has 0 radical (unpaired) electrons. The SMILES string of the molecule is CCCCC(CCC)Nc1nc(NCC)nc2sccc12. The molecule has 0 saturated carbocycles.